The number of anilines is 1. The Morgan fingerprint density at radius 1 is 1.30 bits per heavy atom. The number of carbonyl (C=O) groups excluding carboxylic acids is 1. The molecule has 0 bridgehead atoms. The van der Waals surface area contributed by atoms with Crippen LogP contribution in [0.25, 0.3) is 0 Å². The Bertz CT molecular complexity index is 512. The van der Waals surface area contributed by atoms with E-state index in [9.17, 15) is 9.59 Å². The van der Waals surface area contributed by atoms with Crippen LogP contribution in [-0.4, -0.2) is 35.1 Å². The van der Waals surface area contributed by atoms with E-state index in [2.05, 4.69) is 37.2 Å². The number of carboxylic acid groups (broad SMARTS) is 1. The minimum Gasteiger partial charge on any atom is -0.480 e. The maximum Gasteiger partial charge on any atom is 0.323 e. The molecule has 20 heavy (non-hydrogen) atoms. The number of hydrogen-bond donors (Lipinski definition) is 2. The van der Waals surface area contributed by atoms with E-state index < -0.39 is 12.0 Å². The highest BCUT2D eigenvalue weighted by atomic mass is 79.9. The number of nitrogens with zero attached hydrogens (tertiary/aromatic N) is 1. The molecular weight excluding hydrogens is 392 g/mol. The summed E-state index contributed by atoms with van der Waals surface area (Å²) in [6, 6.07) is 5.06. The van der Waals surface area contributed by atoms with Crippen molar-refractivity contribution in [2.75, 3.05) is 18.4 Å². The molecule has 7 heteroatoms. The van der Waals surface area contributed by atoms with Gasteiger partial charge in [-0.05, 0) is 62.8 Å². The summed E-state index contributed by atoms with van der Waals surface area (Å²) in [7, 11) is 0. The highest BCUT2D eigenvalue weighted by Gasteiger charge is 2.28. The number of benzene rings is 1. The van der Waals surface area contributed by atoms with Crippen LogP contribution in [0.3, 0.4) is 0 Å². The Hall–Kier alpha value is -1.08. The molecule has 0 saturated heterocycles. The van der Waals surface area contributed by atoms with Crippen molar-refractivity contribution in [2.24, 2.45) is 5.92 Å². The van der Waals surface area contributed by atoms with Crippen LogP contribution in [0, 0.1) is 5.92 Å². The van der Waals surface area contributed by atoms with Crippen LogP contribution in [0.2, 0.25) is 0 Å². The fourth-order valence-corrected chi connectivity index (χ4v) is 2.99. The molecule has 2 rings (SSSR count). The lowest BCUT2D eigenvalue weighted by Gasteiger charge is -2.21. The molecule has 108 valence electrons. The number of para-hydroxylation sites is 1. The summed E-state index contributed by atoms with van der Waals surface area (Å²) < 4.78 is 1.48. The molecule has 1 aliphatic carbocycles. The monoisotopic (exact) mass is 404 g/mol. The summed E-state index contributed by atoms with van der Waals surface area (Å²) in [6.45, 7) is 0.199. The average Bonchev–Trinajstić information content (AvgIpc) is 3.16. The number of rotatable bonds is 5. The van der Waals surface area contributed by atoms with E-state index in [1.807, 2.05) is 18.2 Å². The van der Waals surface area contributed by atoms with Crippen LogP contribution in [0.4, 0.5) is 10.5 Å². The summed E-state index contributed by atoms with van der Waals surface area (Å²) in [4.78, 5) is 24.4. The molecule has 0 heterocycles. The quantitative estimate of drug-likeness (QED) is 0.786. The van der Waals surface area contributed by atoms with Gasteiger partial charge in [0.25, 0.3) is 0 Å². The molecule has 1 aromatic rings. The fraction of sp³-hybridized carbons (Fsp3) is 0.385. The van der Waals surface area contributed by atoms with Gasteiger partial charge in [-0.25, -0.2) is 4.79 Å². The van der Waals surface area contributed by atoms with E-state index in [0.717, 1.165) is 21.8 Å². The van der Waals surface area contributed by atoms with Gasteiger partial charge in [0, 0.05) is 15.5 Å². The average molecular weight is 406 g/mol. The highest BCUT2D eigenvalue weighted by molar-refractivity contribution is 9.11. The van der Waals surface area contributed by atoms with Crippen molar-refractivity contribution >= 4 is 49.5 Å². The largest absolute Gasteiger partial charge is 0.480 e. The van der Waals surface area contributed by atoms with Gasteiger partial charge >= 0.3 is 12.0 Å². The molecule has 1 saturated carbocycles. The van der Waals surface area contributed by atoms with E-state index in [-0.39, 0.29) is 6.54 Å². The van der Waals surface area contributed by atoms with Gasteiger partial charge in [0.2, 0.25) is 0 Å². The van der Waals surface area contributed by atoms with Crippen molar-refractivity contribution in [3.63, 3.8) is 0 Å². The van der Waals surface area contributed by atoms with Crippen LogP contribution in [-0.2, 0) is 4.79 Å². The van der Waals surface area contributed by atoms with Gasteiger partial charge in [0.1, 0.15) is 6.54 Å². The molecule has 0 unspecified atom stereocenters. The van der Waals surface area contributed by atoms with Crippen LogP contribution in [0.1, 0.15) is 12.8 Å². The predicted molar refractivity (Wildman–Crippen MR) is 82.8 cm³/mol. The van der Waals surface area contributed by atoms with Crippen molar-refractivity contribution in [2.45, 2.75) is 12.8 Å². The minimum absolute atomic E-state index is 0.287. The SMILES string of the molecule is O=C(O)CN(CC1CC1)C(=O)Nc1c(Br)cccc1Br. The first-order valence-corrected chi connectivity index (χ1v) is 7.77. The second-order valence-electron chi connectivity index (χ2n) is 4.74. The third-order valence-electron chi connectivity index (χ3n) is 2.98. The van der Waals surface area contributed by atoms with E-state index >= 15 is 0 Å². The maximum atomic E-state index is 12.2. The van der Waals surface area contributed by atoms with Gasteiger partial charge in [-0.1, -0.05) is 6.07 Å². The molecule has 1 fully saturated rings. The summed E-state index contributed by atoms with van der Waals surface area (Å²) >= 11 is 6.72. The number of aliphatic carboxylic acids is 1. The van der Waals surface area contributed by atoms with Crippen LogP contribution < -0.4 is 5.32 Å². The Morgan fingerprint density at radius 2 is 1.90 bits per heavy atom. The summed E-state index contributed by atoms with van der Waals surface area (Å²) in [5.41, 5.74) is 0.601. The van der Waals surface area contributed by atoms with Gasteiger partial charge in [-0.15, -0.1) is 0 Å². The number of amides is 2. The van der Waals surface area contributed by atoms with Gasteiger partial charge in [0.15, 0.2) is 0 Å². The number of carbonyl (C=O) groups is 2. The zero-order chi connectivity index (χ0) is 14.7. The van der Waals surface area contributed by atoms with E-state index in [4.69, 9.17) is 5.11 Å². The third kappa shape index (κ3) is 4.21. The van der Waals surface area contributed by atoms with Crippen LogP contribution in [0.5, 0.6) is 0 Å². The van der Waals surface area contributed by atoms with Crippen molar-refractivity contribution in [3.05, 3.63) is 27.1 Å². The van der Waals surface area contributed by atoms with Crippen molar-refractivity contribution in [3.8, 4) is 0 Å². The lowest BCUT2D eigenvalue weighted by atomic mass is 10.3. The molecule has 5 nitrogen and oxygen atoms in total. The second-order valence-corrected chi connectivity index (χ2v) is 6.45. The van der Waals surface area contributed by atoms with E-state index in [0.29, 0.717) is 18.2 Å². The Balaban J connectivity index is 2.08. The van der Waals surface area contributed by atoms with Crippen LogP contribution >= 0.6 is 31.9 Å². The van der Waals surface area contributed by atoms with Gasteiger partial charge in [-0.3, -0.25) is 4.79 Å². The highest BCUT2D eigenvalue weighted by Crippen LogP contribution is 2.32. The number of halogens is 2. The number of nitrogens with one attached hydrogen (secondary N) is 1. The lowest BCUT2D eigenvalue weighted by Crippen LogP contribution is -2.40. The second kappa shape index (κ2) is 6.58. The Labute approximate surface area is 133 Å². The van der Waals surface area contributed by atoms with Gasteiger partial charge in [-0.2, -0.15) is 0 Å². The first-order valence-electron chi connectivity index (χ1n) is 6.19. The molecule has 2 amide bonds. The topological polar surface area (TPSA) is 69.6 Å². The smallest absolute Gasteiger partial charge is 0.323 e. The molecule has 1 aromatic carbocycles. The lowest BCUT2D eigenvalue weighted by molar-refractivity contribution is -0.137. The first kappa shape index (κ1) is 15.3. The van der Waals surface area contributed by atoms with Crippen molar-refractivity contribution < 1.29 is 14.7 Å². The molecule has 0 radical (unpaired) electrons. The van der Waals surface area contributed by atoms with E-state index in [1.165, 1.54) is 4.90 Å². The van der Waals surface area contributed by atoms with Crippen molar-refractivity contribution in [1.82, 2.24) is 4.90 Å². The standard InChI is InChI=1S/C13H14Br2N2O3/c14-9-2-1-3-10(15)12(9)16-13(20)17(7-11(18)19)6-8-4-5-8/h1-3,8H,4-7H2,(H,16,20)(H,18,19). The normalized spacial score (nSPS) is 13.9. The Morgan fingerprint density at radius 3 is 2.40 bits per heavy atom. The predicted octanol–water partition coefficient (Wildman–Crippen LogP) is 3.54. The molecule has 0 aliphatic heterocycles. The van der Waals surface area contributed by atoms with Gasteiger partial charge < -0.3 is 15.3 Å². The minimum atomic E-state index is -1.01. The molecule has 0 atom stereocenters. The van der Waals surface area contributed by atoms with Crippen molar-refractivity contribution in [1.29, 1.82) is 0 Å². The number of hydrogen-bond acceptors (Lipinski definition) is 2. The summed E-state index contributed by atoms with van der Waals surface area (Å²) in [6.07, 6.45) is 2.12. The summed E-state index contributed by atoms with van der Waals surface area (Å²) in [5, 5.41) is 11.6. The number of urea groups is 1. The summed E-state index contributed by atoms with van der Waals surface area (Å²) in [5.74, 6) is -0.574. The molecule has 2 N–H and O–H groups in total. The van der Waals surface area contributed by atoms with Crippen LogP contribution in [0.15, 0.2) is 27.1 Å². The third-order valence-corrected chi connectivity index (χ3v) is 4.31. The molecule has 1 aliphatic rings. The van der Waals surface area contributed by atoms with Gasteiger partial charge in [0.05, 0.1) is 5.69 Å². The zero-order valence-electron chi connectivity index (χ0n) is 10.6. The first-order chi connectivity index (χ1) is 9.47. The molecule has 0 aromatic heterocycles. The number of carboxylic acids is 1. The molecule has 0 spiro atoms. The zero-order valence-corrected chi connectivity index (χ0v) is 13.8. The maximum absolute atomic E-state index is 12.2. The fourth-order valence-electron chi connectivity index (χ4n) is 1.80. The van der Waals surface area contributed by atoms with E-state index in [1.54, 1.807) is 0 Å². The molecular formula is C13H14Br2N2O3. The Kier molecular flexibility index (Phi) is 5.04.